The van der Waals surface area contributed by atoms with Gasteiger partial charge in [-0.15, -0.1) is 0 Å². The quantitative estimate of drug-likeness (QED) is 0.594. The molecule has 1 aliphatic carbocycles. The van der Waals surface area contributed by atoms with Gasteiger partial charge in [-0.3, -0.25) is 4.79 Å². The van der Waals surface area contributed by atoms with Crippen LogP contribution in [0.5, 0.6) is 0 Å². The van der Waals surface area contributed by atoms with Gasteiger partial charge in [-0.25, -0.2) is 8.78 Å². The highest BCUT2D eigenvalue weighted by Crippen LogP contribution is 2.48. The second-order valence-electron chi connectivity index (χ2n) is 4.11. The Bertz CT molecular complexity index is 438. The number of ketones is 1. The monoisotopic (exact) mass is 274 g/mol. The number of hydrogen-bond donors (Lipinski definition) is 0. The normalized spacial score (nSPS) is 17.6. The lowest BCUT2D eigenvalue weighted by molar-refractivity contribution is 0.0903. The van der Waals surface area contributed by atoms with Gasteiger partial charge in [0.1, 0.15) is 5.82 Å². The Morgan fingerprint density at radius 1 is 1.40 bits per heavy atom. The number of carbonyl (C=O) groups excluding carboxylic acids is 1. The average molecular weight is 275 g/mol. The molecule has 80 valence electrons. The standard InChI is InChI=1S/C11H9BrF2O/c1-11(4-5-11)10(15)8-7(13)3-2-6(12)9(8)14/h2-3H,4-5H2,1H3. The summed E-state index contributed by atoms with van der Waals surface area (Å²) in [6, 6.07) is 2.36. The molecule has 0 bridgehead atoms. The molecular weight excluding hydrogens is 266 g/mol. The number of carbonyl (C=O) groups is 1. The molecule has 0 aliphatic heterocycles. The topological polar surface area (TPSA) is 17.1 Å². The third kappa shape index (κ3) is 1.71. The van der Waals surface area contributed by atoms with Crippen LogP contribution in [0.1, 0.15) is 30.1 Å². The van der Waals surface area contributed by atoms with Crippen molar-refractivity contribution in [3.63, 3.8) is 0 Å². The molecule has 1 aliphatic rings. The summed E-state index contributed by atoms with van der Waals surface area (Å²) in [5.74, 6) is -2.01. The van der Waals surface area contributed by atoms with E-state index in [4.69, 9.17) is 0 Å². The van der Waals surface area contributed by atoms with Gasteiger partial charge in [-0.2, -0.15) is 0 Å². The smallest absolute Gasteiger partial charge is 0.174 e. The molecule has 0 spiro atoms. The van der Waals surface area contributed by atoms with Gasteiger partial charge >= 0.3 is 0 Å². The molecule has 0 radical (unpaired) electrons. The van der Waals surface area contributed by atoms with E-state index in [0.717, 1.165) is 6.07 Å². The fourth-order valence-corrected chi connectivity index (χ4v) is 1.78. The van der Waals surface area contributed by atoms with Gasteiger partial charge in [0.05, 0.1) is 10.0 Å². The van der Waals surface area contributed by atoms with Crippen LogP contribution in [-0.4, -0.2) is 5.78 Å². The number of rotatable bonds is 2. The van der Waals surface area contributed by atoms with Crippen molar-refractivity contribution in [3.05, 3.63) is 33.8 Å². The van der Waals surface area contributed by atoms with E-state index < -0.39 is 28.4 Å². The van der Waals surface area contributed by atoms with Crippen molar-refractivity contribution in [2.45, 2.75) is 19.8 Å². The zero-order valence-electron chi connectivity index (χ0n) is 8.11. The summed E-state index contributed by atoms with van der Waals surface area (Å²) in [7, 11) is 0. The van der Waals surface area contributed by atoms with E-state index in [1.807, 2.05) is 0 Å². The molecule has 4 heteroatoms. The van der Waals surface area contributed by atoms with Gasteiger partial charge in [-0.05, 0) is 40.9 Å². The first-order valence-corrected chi connectivity index (χ1v) is 5.43. The maximum atomic E-state index is 13.6. The second kappa shape index (κ2) is 3.37. The van der Waals surface area contributed by atoms with Crippen molar-refractivity contribution < 1.29 is 13.6 Å². The second-order valence-corrected chi connectivity index (χ2v) is 4.96. The molecule has 0 amide bonds. The molecule has 1 fully saturated rings. The highest BCUT2D eigenvalue weighted by molar-refractivity contribution is 9.10. The Morgan fingerprint density at radius 2 is 2.00 bits per heavy atom. The minimum atomic E-state index is -0.798. The van der Waals surface area contributed by atoms with Crippen LogP contribution >= 0.6 is 15.9 Å². The summed E-state index contributed by atoms with van der Waals surface area (Å²) in [5, 5.41) is 0. The molecule has 1 saturated carbocycles. The van der Waals surface area contributed by atoms with E-state index in [9.17, 15) is 13.6 Å². The van der Waals surface area contributed by atoms with Gasteiger partial charge in [0.25, 0.3) is 0 Å². The molecule has 2 rings (SSSR count). The number of halogens is 3. The Kier molecular flexibility index (Phi) is 2.41. The van der Waals surface area contributed by atoms with Crippen LogP contribution in [0.3, 0.4) is 0 Å². The van der Waals surface area contributed by atoms with Crippen molar-refractivity contribution in [2.24, 2.45) is 5.41 Å². The summed E-state index contributed by atoms with van der Waals surface area (Å²) in [6.45, 7) is 1.73. The van der Waals surface area contributed by atoms with Crippen molar-refractivity contribution in [2.75, 3.05) is 0 Å². The molecule has 0 saturated heterocycles. The summed E-state index contributed by atoms with van der Waals surface area (Å²) >= 11 is 2.94. The minimum absolute atomic E-state index is 0.122. The van der Waals surface area contributed by atoms with Gasteiger partial charge < -0.3 is 0 Å². The van der Waals surface area contributed by atoms with E-state index in [-0.39, 0.29) is 4.47 Å². The first-order valence-electron chi connectivity index (χ1n) is 4.64. The summed E-state index contributed by atoms with van der Waals surface area (Å²) in [6.07, 6.45) is 1.41. The number of hydrogen-bond acceptors (Lipinski definition) is 1. The molecule has 0 aromatic heterocycles. The summed E-state index contributed by atoms with van der Waals surface area (Å²) < 4.78 is 27.0. The van der Waals surface area contributed by atoms with Crippen LogP contribution < -0.4 is 0 Å². The summed E-state index contributed by atoms with van der Waals surface area (Å²) in [4.78, 5) is 11.8. The van der Waals surface area contributed by atoms with Crippen molar-refractivity contribution in [3.8, 4) is 0 Å². The van der Waals surface area contributed by atoms with E-state index in [1.54, 1.807) is 6.92 Å². The van der Waals surface area contributed by atoms with E-state index in [0.29, 0.717) is 12.8 Å². The van der Waals surface area contributed by atoms with Crippen LogP contribution in [0.25, 0.3) is 0 Å². The fraction of sp³-hybridized carbons (Fsp3) is 0.364. The zero-order chi connectivity index (χ0) is 11.2. The molecular formula is C11H9BrF2O. The van der Waals surface area contributed by atoms with E-state index in [1.165, 1.54) is 6.07 Å². The molecule has 15 heavy (non-hydrogen) atoms. The SMILES string of the molecule is CC1(C(=O)c2c(F)ccc(Br)c2F)CC1. The van der Waals surface area contributed by atoms with Crippen LogP contribution in [0.15, 0.2) is 16.6 Å². The first-order chi connectivity index (χ1) is 6.96. The van der Waals surface area contributed by atoms with Gasteiger partial charge in [-0.1, -0.05) is 6.92 Å². The molecule has 1 aromatic carbocycles. The zero-order valence-corrected chi connectivity index (χ0v) is 9.70. The Labute approximate surface area is 94.6 Å². The van der Waals surface area contributed by atoms with Crippen molar-refractivity contribution in [1.29, 1.82) is 0 Å². The van der Waals surface area contributed by atoms with Crippen LogP contribution in [0.4, 0.5) is 8.78 Å². The predicted octanol–water partition coefficient (Wildman–Crippen LogP) is 3.71. The van der Waals surface area contributed by atoms with E-state index >= 15 is 0 Å². The molecule has 0 heterocycles. The molecule has 1 nitrogen and oxygen atoms in total. The third-order valence-electron chi connectivity index (χ3n) is 2.82. The third-order valence-corrected chi connectivity index (χ3v) is 3.43. The predicted molar refractivity (Wildman–Crippen MR) is 55.7 cm³/mol. The highest BCUT2D eigenvalue weighted by Gasteiger charge is 2.46. The first kappa shape index (κ1) is 10.7. The van der Waals surface area contributed by atoms with Crippen molar-refractivity contribution >= 4 is 21.7 Å². The lowest BCUT2D eigenvalue weighted by Gasteiger charge is -2.09. The number of benzene rings is 1. The van der Waals surface area contributed by atoms with Gasteiger partial charge in [0.2, 0.25) is 0 Å². The highest BCUT2D eigenvalue weighted by atomic mass is 79.9. The van der Waals surface area contributed by atoms with Crippen LogP contribution in [0.2, 0.25) is 0 Å². The van der Waals surface area contributed by atoms with Crippen LogP contribution in [0, 0.1) is 17.0 Å². The molecule has 0 atom stereocenters. The lowest BCUT2D eigenvalue weighted by atomic mass is 9.96. The maximum absolute atomic E-state index is 13.6. The molecule has 0 N–H and O–H groups in total. The largest absolute Gasteiger partial charge is 0.293 e. The fourth-order valence-electron chi connectivity index (χ4n) is 1.45. The lowest BCUT2D eigenvalue weighted by Crippen LogP contribution is -2.16. The summed E-state index contributed by atoms with van der Waals surface area (Å²) in [5.41, 5.74) is -0.966. The van der Waals surface area contributed by atoms with Gasteiger partial charge in [0.15, 0.2) is 11.6 Å². The Morgan fingerprint density at radius 3 is 2.53 bits per heavy atom. The minimum Gasteiger partial charge on any atom is -0.293 e. The average Bonchev–Trinajstić information content (AvgIpc) is 2.92. The van der Waals surface area contributed by atoms with Crippen molar-refractivity contribution in [1.82, 2.24) is 0 Å². The Balaban J connectivity index is 2.52. The van der Waals surface area contributed by atoms with E-state index in [2.05, 4.69) is 15.9 Å². The number of Topliss-reactive ketones (excluding diaryl/α,β-unsaturated/α-hetero) is 1. The maximum Gasteiger partial charge on any atom is 0.174 e. The molecule has 0 unspecified atom stereocenters. The Hall–Kier alpha value is -0.770. The molecule has 1 aromatic rings. The van der Waals surface area contributed by atoms with Gasteiger partial charge in [0, 0.05) is 5.41 Å². The van der Waals surface area contributed by atoms with Crippen LogP contribution in [-0.2, 0) is 0 Å².